The second-order valence-corrected chi connectivity index (χ2v) is 17.4. The van der Waals surface area contributed by atoms with E-state index in [0.717, 1.165) is 79.8 Å². The molecule has 1 aromatic heterocycles. The fraction of sp³-hybridized carbons (Fsp3) is 0.400. The quantitative estimate of drug-likeness (QED) is 0.119. The minimum absolute atomic E-state index is 0.0308. The minimum Gasteiger partial charge on any atom is -0.488 e. The topological polar surface area (TPSA) is 165 Å². The van der Waals surface area contributed by atoms with Gasteiger partial charge in [-0.2, -0.15) is 0 Å². The number of hydrogen-bond donors (Lipinski definition) is 2. The molecule has 9 rings (SSSR count). The van der Waals surface area contributed by atoms with Crippen molar-refractivity contribution in [2.75, 3.05) is 33.9 Å². The molecule has 0 saturated carbocycles. The molecule has 2 fully saturated rings. The monoisotopic (exact) mass is 866 g/mol. The van der Waals surface area contributed by atoms with Gasteiger partial charge in [0.25, 0.3) is 0 Å². The van der Waals surface area contributed by atoms with Crippen molar-refractivity contribution in [2.45, 2.75) is 89.6 Å². The summed E-state index contributed by atoms with van der Waals surface area (Å²) in [6.07, 6.45) is 3.80. The number of alkyl carbamates (subject to hydrolysis) is 1. The van der Waals surface area contributed by atoms with Crippen LogP contribution in [-0.4, -0.2) is 101 Å². The van der Waals surface area contributed by atoms with E-state index in [0.29, 0.717) is 45.0 Å². The van der Waals surface area contributed by atoms with E-state index in [2.05, 4.69) is 52.8 Å². The van der Waals surface area contributed by atoms with E-state index in [1.54, 1.807) is 0 Å². The molecule has 0 bridgehead atoms. The lowest BCUT2D eigenvalue weighted by Gasteiger charge is -2.30. The molecule has 5 atom stereocenters. The molecule has 14 nitrogen and oxygen atoms in total. The lowest BCUT2D eigenvalue weighted by molar-refractivity contribution is -0.145. The first-order valence-electron chi connectivity index (χ1n) is 22.2. The molecule has 2 N–H and O–H groups in total. The number of carbonyl (C=O) groups is 4. The van der Waals surface area contributed by atoms with Crippen LogP contribution in [0.2, 0.25) is 0 Å². The number of aromatic nitrogens is 2. The highest BCUT2D eigenvalue weighted by Gasteiger charge is 2.43. The van der Waals surface area contributed by atoms with Crippen LogP contribution in [0.15, 0.2) is 84.0 Å². The zero-order valence-electron chi connectivity index (χ0n) is 36.9. The van der Waals surface area contributed by atoms with Gasteiger partial charge in [0.1, 0.15) is 24.2 Å². The van der Waals surface area contributed by atoms with E-state index in [4.69, 9.17) is 28.9 Å². The summed E-state index contributed by atoms with van der Waals surface area (Å²) < 4.78 is 22.3. The molecule has 3 amide bonds. The number of likely N-dealkylation sites (tertiary alicyclic amines) is 2. The maximum atomic E-state index is 14.1. The van der Waals surface area contributed by atoms with Gasteiger partial charge in [-0.3, -0.25) is 19.4 Å². The van der Waals surface area contributed by atoms with Crippen molar-refractivity contribution >= 4 is 46.0 Å². The van der Waals surface area contributed by atoms with Crippen LogP contribution in [0.1, 0.15) is 80.9 Å². The molecule has 0 spiro atoms. The first kappa shape index (κ1) is 42.7. The second kappa shape index (κ2) is 17.9. The van der Waals surface area contributed by atoms with Crippen LogP contribution in [0.3, 0.4) is 0 Å². The number of aromatic amines is 1. The smallest absolute Gasteiger partial charge is 0.407 e. The number of rotatable bonds is 12. The number of aliphatic imine (C=N–C) groups is 1. The van der Waals surface area contributed by atoms with Crippen LogP contribution in [-0.2, 0) is 41.6 Å². The molecular weight excluding hydrogens is 813 g/mol. The number of H-pyrrole nitrogens is 1. The normalized spacial score (nSPS) is 19.7. The van der Waals surface area contributed by atoms with E-state index < -0.39 is 24.0 Å². The summed E-state index contributed by atoms with van der Waals surface area (Å²) >= 11 is 0. The summed E-state index contributed by atoms with van der Waals surface area (Å²) in [5.74, 6) is 0.00439. The molecule has 0 radical (unpaired) electrons. The molecule has 0 aliphatic carbocycles. The number of esters is 1. The van der Waals surface area contributed by atoms with Crippen LogP contribution >= 0.6 is 0 Å². The maximum absolute atomic E-state index is 14.1. The molecular formula is C50H54N6O8. The Morgan fingerprint density at radius 1 is 0.938 bits per heavy atom. The highest BCUT2D eigenvalue weighted by molar-refractivity contribution is 6.06. The summed E-state index contributed by atoms with van der Waals surface area (Å²) in [6.45, 7) is 7.68. The van der Waals surface area contributed by atoms with Crippen molar-refractivity contribution in [1.29, 1.82) is 0 Å². The highest BCUT2D eigenvalue weighted by Crippen LogP contribution is 2.45. The number of amides is 3. The van der Waals surface area contributed by atoms with Gasteiger partial charge in [0.15, 0.2) is 0 Å². The Balaban J connectivity index is 0.937. The Kier molecular flexibility index (Phi) is 12.0. The molecule has 5 heterocycles. The first-order valence-corrected chi connectivity index (χ1v) is 22.2. The Morgan fingerprint density at radius 2 is 1.77 bits per heavy atom. The van der Waals surface area contributed by atoms with Gasteiger partial charge < -0.3 is 39.0 Å². The molecule has 2 saturated heterocycles. The molecule has 0 unspecified atom stereocenters. The molecule has 14 heteroatoms. The van der Waals surface area contributed by atoms with Crippen LogP contribution in [0.5, 0.6) is 5.75 Å². The third kappa shape index (κ3) is 8.10. The number of hydrogen-bond acceptors (Lipinski definition) is 10. The second-order valence-electron chi connectivity index (χ2n) is 17.4. The van der Waals surface area contributed by atoms with E-state index in [-0.39, 0.29) is 42.3 Å². The number of benzene rings is 4. The average Bonchev–Trinajstić information content (AvgIpc) is 4.15. The van der Waals surface area contributed by atoms with Gasteiger partial charge in [-0.25, -0.2) is 9.78 Å². The van der Waals surface area contributed by atoms with Gasteiger partial charge >= 0.3 is 12.1 Å². The van der Waals surface area contributed by atoms with Crippen molar-refractivity contribution in [3.8, 4) is 28.1 Å². The maximum Gasteiger partial charge on any atom is 0.407 e. The molecule has 4 aliphatic heterocycles. The summed E-state index contributed by atoms with van der Waals surface area (Å²) in [7, 11) is 2.64. The Labute approximate surface area is 372 Å². The standard InChI is InChI=1S/C50H54N6O8/c1-6-63-33-21-43(56(26-33)49(59)46(28(2)3)54-50(60)62-5)40-22-37-35-23-44-38(20-30(35)15-17-39(37)52-40)34-16-14-31(19-32(34)27-64-44)41-25-51-47(53-41)42-13-10-18-55(42)48(58)36(24-45(57)61-4)29-11-8-7-9-12-29/h7-9,11-12,14-17,19-20,23,25,28,33,36,42-43,46H,6,10,13,18,21-22,24,26-27H2,1-5H3,(H,51,53)(H,54,60)/t33-,36+,42-,43-,46-/m0/s1. The minimum atomic E-state index is -0.750. The predicted octanol–water partition coefficient (Wildman–Crippen LogP) is 7.81. The van der Waals surface area contributed by atoms with Crippen molar-refractivity contribution in [1.82, 2.24) is 25.1 Å². The summed E-state index contributed by atoms with van der Waals surface area (Å²) in [5.41, 5.74) is 8.62. The summed E-state index contributed by atoms with van der Waals surface area (Å²) in [4.78, 5) is 69.9. The average molecular weight is 867 g/mol. The van der Waals surface area contributed by atoms with Crippen LogP contribution in [0.4, 0.5) is 10.5 Å². The van der Waals surface area contributed by atoms with Gasteiger partial charge in [-0.1, -0.05) is 62.4 Å². The van der Waals surface area contributed by atoms with E-state index in [1.807, 2.05) is 67.1 Å². The SMILES string of the molecule is CCO[C@H]1C[C@@H](C2=Nc3ccc4cc5c(cc4c3C2)OCc2cc(-c3cnc([C@@H]4CCCN4C(=O)[C@H](CC(=O)OC)c4ccccc4)[nH]3)ccc2-5)N(C(=O)[C@@H](NC(=O)OC)C(C)C)C1. The number of fused-ring (bicyclic) bond motifs is 6. The number of carbonyl (C=O) groups excluding carboxylic acids is 4. The van der Waals surface area contributed by atoms with Crippen LogP contribution < -0.4 is 10.1 Å². The van der Waals surface area contributed by atoms with Crippen molar-refractivity contribution in [3.05, 3.63) is 102 Å². The lowest BCUT2D eigenvalue weighted by atomic mass is 9.90. The zero-order valence-corrected chi connectivity index (χ0v) is 36.9. The van der Waals surface area contributed by atoms with Gasteiger partial charge in [0.05, 0.1) is 62.3 Å². The van der Waals surface area contributed by atoms with Gasteiger partial charge in [-0.05, 0) is 88.5 Å². The predicted molar refractivity (Wildman–Crippen MR) is 241 cm³/mol. The number of nitrogens with zero attached hydrogens (tertiary/aromatic N) is 4. The third-order valence-corrected chi connectivity index (χ3v) is 13.2. The summed E-state index contributed by atoms with van der Waals surface area (Å²) in [6, 6.07) is 23.0. The van der Waals surface area contributed by atoms with Gasteiger partial charge in [-0.15, -0.1) is 0 Å². The molecule has 4 aliphatic rings. The molecule has 5 aromatic rings. The fourth-order valence-corrected chi connectivity index (χ4v) is 9.93. The van der Waals surface area contributed by atoms with Crippen molar-refractivity contribution < 1.29 is 38.1 Å². The largest absolute Gasteiger partial charge is 0.488 e. The third-order valence-electron chi connectivity index (χ3n) is 13.2. The van der Waals surface area contributed by atoms with Crippen molar-refractivity contribution in [2.24, 2.45) is 10.9 Å². The Morgan fingerprint density at radius 3 is 2.53 bits per heavy atom. The number of methoxy groups -OCH3 is 2. The van der Waals surface area contributed by atoms with Gasteiger partial charge in [0, 0.05) is 43.8 Å². The fourth-order valence-electron chi connectivity index (χ4n) is 9.93. The van der Waals surface area contributed by atoms with Crippen LogP contribution in [0, 0.1) is 5.92 Å². The lowest BCUT2D eigenvalue weighted by Crippen LogP contribution is -2.54. The van der Waals surface area contributed by atoms with Gasteiger partial charge in [0.2, 0.25) is 11.8 Å². The molecule has 332 valence electrons. The highest BCUT2D eigenvalue weighted by atomic mass is 16.5. The molecule has 4 aromatic carbocycles. The van der Waals surface area contributed by atoms with Crippen molar-refractivity contribution in [3.63, 3.8) is 0 Å². The summed E-state index contributed by atoms with van der Waals surface area (Å²) in [5, 5.41) is 4.87. The van der Waals surface area contributed by atoms with E-state index in [9.17, 15) is 19.2 Å². The number of nitrogens with one attached hydrogen (secondary N) is 2. The number of imidazole rings is 1. The number of ether oxygens (including phenoxy) is 4. The Bertz CT molecular complexity index is 2640. The molecule has 64 heavy (non-hydrogen) atoms. The van der Waals surface area contributed by atoms with E-state index >= 15 is 0 Å². The zero-order chi connectivity index (χ0) is 44.6. The first-order chi connectivity index (χ1) is 31.0. The Hall–Kier alpha value is -6.54. The van der Waals surface area contributed by atoms with Crippen LogP contribution in [0.25, 0.3) is 33.2 Å². The van der Waals surface area contributed by atoms with E-state index in [1.165, 1.54) is 14.2 Å².